The molecule has 1 aromatic heterocycles. The van der Waals surface area contributed by atoms with Crippen molar-refractivity contribution < 1.29 is 14.8 Å². The van der Waals surface area contributed by atoms with Crippen molar-refractivity contribution in [1.82, 2.24) is 9.97 Å². The smallest absolute Gasteiger partial charge is 0.305 e. The van der Waals surface area contributed by atoms with Crippen LogP contribution in [0.2, 0.25) is 0 Å². The van der Waals surface area contributed by atoms with E-state index < -0.39 is 10.9 Å². The standard InChI is InChI=1S/C9H12N4O4/c1-6(2-3-8(14)15)12-9-10-4-7(5-11-9)13(16)17/h4-6H,2-3H2,1H3,(H,14,15)(H,10,11,12). The van der Waals surface area contributed by atoms with E-state index in [-0.39, 0.29) is 24.1 Å². The highest BCUT2D eigenvalue weighted by molar-refractivity contribution is 5.66. The van der Waals surface area contributed by atoms with Crippen molar-refractivity contribution in [2.45, 2.75) is 25.8 Å². The van der Waals surface area contributed by atoms with Gasteiger partial charge in [-0.25, -0.2) is 9.97 Å². The lowest BCUT2D eigenvalue weighted by Crippen LogP contribution is -2.18. The number of nitrogens with one attached hydrogen (secondary N) is 1. The molecule has 1 atom stereocenters. The van der Waals surface area contributed by atoms with E-state index in [0.29, 0.717) is 6.42 Å². The average Bonchev–Trinajstić information content (AvgIpc) is 2.27. The Kier molecular flexibility index (Phi) is 4.32. The average molecular weight is 240 g/mol. The van der Waals surface area contributed by atoms with Gasteiger partial charge in [-0.2, -0.15) is 0 Å². The molecule has 0 saturated heterocycles. The van der Waals surface area contributed by atoms with Crippen molar-refractivity contribution in [1.29, 1.82) is 0 Å². The van der Waals surface area contributed by atoms with Crippen LogP contribution in [0.5, 0.6) is 0 Å². The molecule has 1 heterocycles. The molecule has 0 saturated carbocycles. The minimum absolute atomic E-state index is 0.0428. The van der Waals surface area contributed by atoms with Gasteiger partial charge in [-0.05, 0) is 13.3 Å². The Bertz CT molecular complexity index is 406. The van der Waals surface area contributed by atoms with Crippen LogP contribution in [-0.2, 0) is 4.79 Å². The first-order valence-electron chi connectivity index (χ1n) is 4.94. The molecule has 0 aliphatic rings. The molecule has 17 heavy (non-hydrogen) atoms. The van der Waals surface area contributed by atoms with Gasteiger partial charge in [-0.1, -0.05) is 0 Å². The number of nitrogens with zero attached hydrogens (tertiary/aromatic N) is 3. The van der Waals surface area contributed by atoms with Crippen LogP contribution in [0.4, 0.5) is 11.6 Å². The lowest BCUT2D eigenvalue weighted by atomic mass is 10.2. The molecule has 8 nitrogen and oxygen atoms in total. The molecule has 1 rings (SSSR count). The second-order valence-corrected chi connectivity index (χ2v) is 3.50. The van der Waals surface area contributed by atoms with E-state index in [9.17, 15) is 14.9 Å². The van der Waals surface area contributed by atoms with Crippen molar-refractivity contribution in [3.8, 4) is 0 Å². The van der Waals surface area contributed by atoms with Gasteiger partial charge in [0.15, 0.2) is 0 Å². The van der Waals surface area contributed by atoms with Crippen molar-refractivity contribution in [3.05, 3.63) is 22.5 Å². The number of carboxylic acid groups (broad SMARTS) is 1. The Morgan fingerprint density at radius 3 is 2.65 bits per heavy atom. The number of nitro groups is 1. The summed E-state index contributed by atoms with van der Waals surface area (Å²) >= 11 is 0. The maximum Gasteiger partial charge on any atom is 0.305 e. The summed E-state index contributed by atoms with van der Waals surface area (Å²) in [7, 11) is 0. The third kappa shape index (κ3) is 4.41. The number of hydrogen-bond acceptors (Lipinski definition) is 6. The van der Waals surface area contributed by atoms with Gasteiger partial charge in [0.2, 0.25) is 5.95 Å². The summed E-state index contributed by atoms with van der Waals surface area (Å²) in [6.07, 6.45) is 2.66. The minimum atomic E-state index is -0.872. The van der Waals surface area contributed by atoms with Crippen LogP contribution in [0, 0.1) is 10.1 Å². The molecule has 8 heteroatoms. The van der Waals surface area contributed by atoms with Gasteiger partial charge in [0.1, 0.15) is 12.4 Å². The van der Waals surface area contributed by atoms with Gasteiger partial charge in [0.05, 0.1) is 4.92 Å². The van der Waals surface area contributed by atoms with Gasteiger partial charge in [-0.3, -0.25) is 14.9 Å². The highest BCUT2D eigenvalue weighted by Gasteiger charge is 2.09. The third-order valence-electron chi connectivity index (χ3n) is 2.02. The molecule has 0 amide bonds. The van der Waals surface area contributed by atoms with Crippen LogP contribution in [-0.4, -0.2) is 32.0 Å². The zero-order chi connectivity index (χ0) is 12.8. The van der Waals surface area contributed by atoms with Crippen molar-refractivity contribution >= 4 is 17.6 Å². The summed E-state index contributed by atoms with van der Waals surface area (Å²) in [6, 6.07) is -0.118. The number of carbonyl (C=O) groups is 1. The van der Waals surface area contributed by atoms with Gasteiger partial charge >= 0.3 is 11.7 Å². The molecule has 1 unspecified atom stereocenters. The molecule has 0 bridgehead atoms. The summed E-state index contributed by atoms with van der Waals surface area (Å²) in [5, 5.41) is 21.7. The molecule has 2 N–H and O–H groups in total. The van der Waals surface area contributed by atoms with Crippen LogP contribution in [0.15, 0.2) is 12.4 Å². The molecule has 0 aromatic carbocycles. The minimum Gasteiger partial charge on any atom is -0.481 e. The zero-order valence-corrected chi connectivity index (χ0v) is 9.16. The predicted molar refractivity (Wildman–Crippen MR) is 58.6 cm³/mol. The summed E-state index contributed by atoms with van der Waals surface area (Å²) in [6.45, 7) is 1.79. The van der Waals surface area contributed by atoms with E-state index in [1.807, 2.05) is 0 Å². The third-order valence-corrected chi connectivity index (χ3v) is 2.02. The number of rotatable bonds is 6. The molecule has 0 radical (unpaired) electrons. The molecule has 0 fully saturated rings. The van der Waals surface area contributed by atoms with Crippen molar-refractivity contribution in [3.63, 3.8) is 0 Å². The summed E-state index contributed by atoms with van der Waals surface area (Å²) in [5.41, 5.74) is -0.186. The maximum atomic E-state index is 10.4. The fourth-order valence-corrected chi connectivity index (χ4v) is 1.12. The Morgan fingerprint density at radius 1 is 1.59 bits per heavy atom. The van der Waals surface area contributed by atoms with Crippen molar-refractivity contribution in [2.24, 2.45) is 0 Å². The van der Waals surface area contributed by atoms with E-state index in [1.54, 1.807) is 6.92 Å². The predicted octanol–water partition coefficient (Wildman–Crippen LogP) is 1.05. The Hall–Kier alpha value is -2.25. The van der Waals surface area contributed by atoms with Gasteiger partial charge < -0.3 is 10.4 Å². The number of aromatic nitrogens is 2. The largest absolute Gasteiger partial charge is 0.481 e. The van der Waals surface area contributed by atoms with Crippen LogP contribution < -0.4 is 5.32 Å². The van der Waals surface area contributed by atoms with Crippen LogP contribution in [0.25, 0.3) is 0 Å². The fraction of sp³-hybridized carbons (Fsp3) is 0.444. The molecule has 92 valence electrons. The molecule has 0 spiro atoms. The van der Waals surface area contributed by atoms with Gasteiger partial charge in [0.25, 0.3) is 0 Å². The van der Waals surface area contributed by atoms with Gasteiger partial charge in [0, 0.05) is 12.5 Å². The molecular weight excluding hydrogens is 228 g/mol. The highest BCUT2D eigenvalue weighted by Crippen LogP contribution is 2.10. The molecule has 0 aliphatic heterocycles. The SMILES string of the molecule is CC(CCC(=O)O)Nc1ncc([N+](=O)[O-])cn1. The second-order valence-electron chi connectivity index (χ2n) is 3.50. The van der Waals surface area contributed by atoms with E-state index in [0.717, 1.165) is 12.4 Å². The molecule has 0 aliphatic carbocycles. The highest BCUT2D eigenvalue weighted by atomic mass is 16.6. The van der Waals surface area contributed by atoms with Gasteiger partial charge in [-0.15, -0.1) is 0 Å². The Morgan fingerprint density at radius 2 is 2.18 bits per heavy atom. The fourth-order valence-electron chi connectivity index (χ4n) is 1.12. The Balaban J connectivity index is 2.51. The first kappa shape index (κ1) is 12.8. The summed E-state index contributed by atoms with van der Waals surface area (Å²) in [5.74, 6) is -0.628. The second kappa shape index (κ2) is 5.73. The zero-order valence-electron chi connectivity index (χ0n) is 9.16. The lowest BCUT2D eigenvalue weighted by molar-refractivity contribution is -0.385. The molecular formula is C9H12N4O4. The quantitative estimate of drug-likeness (QED) is 0.563. The lowest BCUT2D eigenvalue weighted by Gasteiger charge is -2.11. The van der Waals surface area contributed by atoms with E-state index >= 15 is 0 Å². The van der Waals surface area contributed by atoms with Crippen LogP contribution in [0.1, 0.15) is 19.8 Å². The van der Waals surface area contributed by atoms with E-state index in [1.165, 1.54) is 0 Å². The number of hydrogen-bond donors (Lipinski definition) is 2. The first-order chi connectivity index (χ1) is 7.99. The van der Waals surface area contributed by atoms with Crippen LogP contribution in [0.3, 0.4) is 0 Å². The topological polar surface area (TPSA) is 118 Å². The van der Waals surface area contributed by atoms with Crippen molar-refractivity contribution in [2.75, 3.05) is 5.32 Å². The van der Waals surface area contributed by atoms with E-state index in [4.69, 9.17) is 5.11 Å². The monoisotopic (exact) mass is 240 g/mol. The first-order valence-corrected chi connectivity index (χ1v) is 4.94. The summed E-state index contributed by atoms with van der Waals surface area (Å²) < 4.78 is 0. The van der Waals surface area contributed by atoms with E-state index in [2.05, 4.69) is 15.3 Å². The normalized spacial score (nSPS) is 11.8. The maximum absolute atomic E-state index is 10.4. The van der Waals surface area contributed by atoms with Crippen LogP contribution >= 0.6 is 0 Å². The number of anilines is 1. The molecule has 1 aromatic rings. The number of aliphatic carboxylic acids is 1. The summed E-state index contributed by atoms with van der Waals surface area (Å²) in [4.78, 5) is 27.6. The Labute approximate surface area is 96.9 Å². The number of carboxylic acids is 1.